The number of hydrogen-bond donors (Lipinski definition) is 0. The summed E-state index contributed by atoms with van der Waals surface area (Å²) < 4.78 is 0. The summed E-state index contributed by atoms with van der Waals surface area (Å²) >= 11 is 0. The molecule has 0 aliphatic carbocycles. The van der Waals surface area contributed by atoms with Crippen LogP contribution in [0.15, 0.2) is 24.3 Å². The van der Waals surface area contributed by atoms with Crippen LogP contribution in [0.4, 0.5) is 0 Å². The highest BCUT2D eigenvalue weighted by atomic mass is 16.0. The molecule has 5 heteroatoms. The molecule has 0 saturated carbocycles. The molecule has 1 fully saturated rings. The number of rotatable bonds is 3. The first-order valence-electron chi connectivity index (χ1n) is 6.46. The maximum absolute atomic E-state index is 5.69. The standard InChI is InChI=1S/C14H21BN2.2H2O/c1-12(2)17-9-7-16(8-10-17)11-13-3-5-14(15)6-4-13;;/h3-6,12H,7-11H2,1-2H3;2*1H2. The van der Waals surface area contributed by atoms with Crippen molar-refractivity contribution in [2.24, 2.45) is 0 Å². The van der Waals surface area contributed by atoms with Crippen molar-refractivity contribution < 1.29 is 11.0 Å². The summed E-state index contributed by atoms with van der Waals surface area (Å²) in [6.07, 6.45) is 0. The van der Waals surface area contributed by atoms with Crippen LogP contribution in [0.25, 0.3) is 0 Å². The Labute approximate surface area is 117 Å². The maximum atomic E-state index is 5.69. The quantitative estimate of drug-likeness (QED) is 0.681. The Morgan fingerprint density at radius 1 is 1.00 bits per heavy atom. The van der Waals surface area contributed by atoms with Gasteiger partial charge in [0.25, 0.3) is 0 Å². The van der Waals surface area contributed by atoms with E-state index < -0.39 is 0 Å². The summed E-state index contributed by atoms with van der Waals surface area (Å²) in [6, 6.07) is 8.90. The summed E-state index contributed by atoms with van der Waals surface area (Å²) in [6.45, 7) is 10.3. The molecular weight excluding hydrogens is 239 g/mol. The van der Waals surface area contributed by atoms with Gasteiger partial charge in [-0.05, 0) is 19.4 Å². The number of piperazine rings is 1. The summed E-state index contributed by atoms with van der Waals surface area (Å²) in [5.41, 5.74) is 2.20. The lowest BCUT2D eigenvalue weighted by molar-refractivity contribution is 0.104. The first-order chi connectivity index (χ1) is 8.15. The Morgan fingerprint density at radius 2 is 1.53 bits per heavy atom. The molecule has 0 aromatic heterocycles. The second kappa shape index (κ2) is 8.33. The normalized spacial score (nSPS) is 16.8. The molecule has 1 aromatic rings. The zero-order chi connectivity index (χ0) is 12.3. The molecule has 0 spiro atoms. The Kier molecular flexibility index (Phi) is 7.94. The smallest absolute Gasteiger partial charge is 0.113 e. The summed E-state index contributed by atoms with van der Waals surface area (Å²) in [7, 11) is 5.69. The van der Waals surface area contributed by atoms with E-state index in [1.54, 1.807) is 0 Å². The van der Waals surface area contributed by atoms with Crippen molar-refractivity contribution in [2.75, 3.05) is 26.2 Å². The van der Waals surface area contributed by atoms with Gasteiger partial charge < -0.3 is 11.0 Å². The molecule has 0 bridgehead atoms. The third kappa shape index (κ3) is 5.32. The average Bonchev–Trinajstić information content (AvgIpc) is 2.33. The van der Waals surface area contributed by atoms with Crippen molar-refractivity contribution in [3.05, 3.63) is 29.8 Å². The second-order valence-electron chi connectivity index (χ2n) is 5.15. The van der Waals surface area contributed by atoms with E-state index in [0.29, 0.717) is 6.04 Å². The van der Waals surface area contributed by atoms with Crippen molar-refractivity contribution in [2.45, 2.75) is 26.4 Å². The first-order valence-corrected chi connectivity index (χ1v) is 6.46. The van der Waals surface area contributed by atoms with Gasteiger partial charge in [0.15, 0.2) is 0 Å². The van der Waals surface area contributed by atoms with E-state index in [4.69, 9.17) is 7.85 Å². The van der Waals surface area contributed by atoms with Crippen LogP contribution >= 0.6 is 0 Å². The van der Waals surface area contributed by atoms with Crippen LogP contribution in [-0.2, 0) is 6.54 Å². The number of benzene rings is 1. The third-order valence-electron chi connectivity index (χ3n) is 3.52. The Balaban J connectivity index is 0.00000162. The molecule has 0 atom stereocenters. The molecule has 1 saturated heterocycles. The van der Waals surface area contributed by atoms with Crippen LogP contribution in [-0.4, -0.2) is 60.8 Å². The van der Waals surface area contributed by atoms with E-state index in [0.717, 1.165) is 12.0 Å². The van der Waals surface area contributed by atoms with Gasteiger partial charge >= 0.3 is 0 Å². The first kappa shape index (κ1) is 18.1. The van der Waals surface area contributed by atoms with Crippen LogP contribution < -0.4 is 5.46 Å². The fraction of sp³-hybridized carbons (Fsp3) is 0.571. The van der Waals surface area contributed by atoms with Crippen LogP contribution in [0, 0.1) is 0 Å². The van der Waals surface area contributed by atoms with Crippen molar-refractivity contribution >= 4 is 13.3 Å². The van der Waals surface area contributed by atoms with Gasteiger partial charge in [-0.1, -0.05) is 29.7 Å². The lowest BCUT2D eigenvalue weighted by Gasteiger charge is -2.36. The Bertz CT molecular complexity index is 349. The minimum absolute atomic E-state index is 0. The van der Waals surface area contributed by atoms with Gasteiger partial charge in [-0.3, -0.25) is 9.80 Å². The molecule has 4 N–H and O–H groups in total. The zero-order valence-corrected chi connectivity index (χ0v) is 11.9. The molecule has 1 aromatic carbocycles. The maximum Gasteiger partial charge on any atom is 0.113 e. The monoisotopic (exact) mass is 264 g/mol. The van der Waals surface area contributed by atoms with Crippen LogP contribution in [0.5, 0.6) is 0 Å². The van der Waals surface area contributed by atoms with Crippen molar-refractivity contribution in [3.63, 3.8) is 0 Å². The van der Waals surface area contributed by atoms with Crippen molar-refractivity contribution in [3.8, 4) is 0 Å². The van der Waals surface area contributed by atoms with E-state index in [2.05, 4.69) is 35.8 Å². The van der Waals surface area contributed by atoms with E-state index in [-0.39, 0.29) is 11.0 Å². The molecule has 0 amide bonds. The molecule has 4 nitrogen and oxygen atoms in total. The van der Waals surface area contributed by atoms with E-state index in [1.165, 1.54) is 31.7 Å². The minimum atomic E-state index is 0. The Hall–Kier alpha value is -0.875. The number of hydrogen-bond acceptors (Lipinski definition) is 2. The SMILES string of the molecule is O.O.[B]c1ccc(CN2CCN(C(C)C)CC2)cc1. The minimum Gasteiger partial charge on any atom is -0.412 e. The fourth-order valence-electron chi connectivity index (χ4n) is 2.32. The van der Waals surface area contributed by atoms with Crippen LogP contribution in [0.3, 0.4) is 0 Å². The molecule has 0 unspecified atom stereocenters. The highest BCUT2D eigenvalue weighted by Crippen LogP contribution is 2.09. The van der Waals surface area contributed by atoms with Gasteiger partial charge in [0.2, 0.25) is 0 Å². The highest BCUT2D eigenvalue weighted by Gasteiger charge is 2.18. The van der Waals surface area contributed by atoms with Gasteiger partial charge in [0.05, 0.1) is 0 Å². The predicted octanol–water partition coefficient (Wildman–Crippen LogP) is -0.643. The second-order valence-corrected chi connectivity index (χ2v) is 5.15. The van der Waals surface area contributed by atoms with Crippen molar-refractivity contribution in [1.82, 2.24) is 9.80 Å². The van der Waals surface area contributed by atoms with E-state index >= 15 is 0 Å². The number of nitrogens with zero attached hydrogens (tertiary/aromatic N) is 2. The van der Waals surface area contributed by atoms with Gasteiger partial charge in [-0.2, -0.15) is 0 Å². The molecule has 2 rings (SSSR count). The van der Waals surface area contributed by atoms with Gasteiger partial charge in [0.1, 0.15) is 7.85 Å². The molecule has 19 heavy (non-hydrogen) atoms. The predicted molar refractivity (Wildman–Crippen MR) is 81.0 cm³/mol. The zero-order valence-electron chi connectivity index (χ0n) is 11.9. The van der Waals surface area contributed by atoms with Crippen LogP contribution in [0.2, 0.25) is 0 Å². The van der Waals surface area contributed by atoms with Crippen molar-refractivity contribution in [1.29, 1.82) is 0 Å². The lowest BCUT2D eigenvalue weighted by Crippen LogP contribution is -2.48. The highest BCUT2D eigenvalue weighted by molar-refractivity contribution is 6.32. The summed E-state index contributed by atoms with van der Waals surface area (Å²) in [4.78, 5) is 5.06. The van der Waals surface area contributed by atoms with E-state index in [1.807, 2.05) is 12.1 Å². The third-order valence-corrected chi connectivity index (χ3v) is 3.52. The van der Waals surface area contributed by atoms with Gasteiger partial charge in [-0.25, -0.2) is 0 Å². The average molecular weight is 264 g/mol. The lowest BCUT2D eigenvalue weighted by atomic mass is 9.95. The summed E-state index contributed by atoms with van der Waals surface area (Å²) in [5, 5.41) is 0. The molecule has 1 heterocycles. The van der Waals surface area contributed by atoms with Gasteiger partial charge in [0, 0.05) is 38.8 Å². The molecular formula is C14H25BN2O2. The topological polar surface area (TPSA) is 69.5 Å². The largest absolute Gasteiger partial charge is 0.412 e. The molecule has 1 aliphatic heterocycles. The van der Waals surface area contributed by atoms with E-state index in [9.17, 15) is 0 Å². The van der Waals surface area contributed by atoms with Crippen LogP contribution in [0.1, 0.15) is 19.4 Å². The fourth-order valence-corrected chi connectivity index (χ4v) is 2.32. The summed E-state index contributed by atoms with van der Waals surface area (Å²) in [5.74, 6) is 0. The molecule has 1 aliphatic rings. The molecule has 2 radical (unpaired) electrons. The molecule has 106 valence electrons. The van der Waals surface area contributed by atoms with Gasteiger partial charge in [-0.15, -0.1) is 0 Å². The Morgan fingerprint density at radius 3 is 2.00 bits per heavy atom.